The Bertz CT molecular complexity index is 1120. The van der Waals surface area contributed by atoms with Gasteiger partial charge < -0.3 is 30.8 Å². The van der Waals surface area contributed by atoms with Gasteiger partial charge in [0.1, 0.15) is 0 Å². The maximum atomic E-state index is 12.8. The van der Waals surface area contributed by atoms with E-state index in [1.165, 1.54) is 9.80 Å². The summed E-state index contributed by atoms with van der Waals surface area (Å²) in [6, 6.07) is 5.90. The molecule has 246 valence electrons. The standard InChI is InChI=1S/C29H44N4O11/c1-19(2)12-29(3,4)28(44)30-21-7-5-20(6-8-21)11-22(33(17-26(40)41)18-27(42)43)13-31(14-23(34)35)9-10-32(15-24(36)37)16-25(38)39/h5-8,19,22H,9-18H2,1-4H3,(H,30,44)(H,34,35)(H,36,37)(H,38,39)(H,40,41)(H,42,43). The monoisotopic (exact) mass is 624 g/mol. The maximum Gasteiger partial charge on any atom is 0.317 e. The molecule has 1 rings (SSSR count). The Morgan fingerprint density at radius 1 is 0.705 bits per heavy atom. The molecule has 1 atom stereocenters. The van der Waals surface area contributed by atoms with Crippen LogP contribution in [0.3, 0.4) is 0 Å². The summed E-state index contributed by atoms with van der Waals surface area (Å²) in [7, 11) is 0. The molecule has 1 aromatic rings. The number of carboxylic acids is 5. The lowest BCUT2D eigenvalue weighted by molar-refractivity contribution is -0.144. The number of carboxylic acid groups (broad SMARTS) is 5. The molecule has 0 aliphatic heterocycles. The van der Waals surface area contributed by atoms with Crippen LogP contribution in [0.25, 0.3) is 0 Å². The van der Waals surface area contributed by atoms with Crippen LogP contribution in [0, 0.1) is 11.3 Å². The summed E-state index contributed by atoms with van der Waals surface area (Å²) >= 11 is 0. The Morgan fingerprint density at radius 3 is 1.57 bits per heavy atom. The molecule has 15 nitrogen and oxygen atoms in total. The summed E-state index contributed by atoms with van der Waals surface area (Å²) in [5.74, 6) is -6.22. The second-order valence-electron chi connectivity index (χ2n) is 11.8. The van der Waals surface area contributed by atoms with Gasteiger partial charge >= 0.3 is 29.8 Å². The van der Waals surface area contributed by atoms with Crippen molar-refractivity contribution in [2.45, 2.75) is 46.6 Å². The highest BCUT2D eigenvalue weighted by Gasteiger charge is 2.29. The van der Waals surface area contributed by atoms with E-state index >= 15 is 0 Å². The Morgan fingerprint density at radius 2 is 1.14 bits per heavy atom. The SMILES string of the molecule is CC(C)CC(C)(C)C(=O)Nc1ccc(CC(CN(CCN(CC(=O)O)CC(=O)O)CC(=O)O)N(CC(=O)O)CC(=O)O)cc1. The van der Waals surface area contributed by atoms with Gasteiger partial charge in [0.15, 0.2) is 0 Å². The van der Waals surface area contributed by atoms with Crippen molar-refractivity contribution in [3.05, 3.63) is 29.8 Å². The number of nitrogens with one attached hydrogen (secondary N) is 1. The third kappa shape index (κ3) is 15.4. The van der Waals surface area contributed by atoms with E-state index in [2.05, 4.69) is 5.32 Å². The largest absolute Gasteiger partial charge is 0.480 e. The number of benzene rings is 1. The predicted molar refractivity (Wildman–Crippen MR) is 158 cm³/mol. The summed E-state index contributed by atoms with van der Waals surface area (Å²) in [5.41, 5.74) is 0.581. The van der Waals surface area contributed by atoms with Crippen molar-refractivity contribution in [3.63, 3.8) is 0 Å². The van der Waals surface area contributed by atoms with Crippen LogP contribution in [0.5, 0.6) is 0 Å². The van der Waals surface area contributed by atoms with Crippen molar-refractivity contribution in [1.82, 2.24) is 14.7 Å². The highest BCUT2D eigenvalue weighted by atomic mass is 16.4. The van der Waals surface area contributed by atoms with Gasteiger partial charge in [-0.3, -0.25) is 43.5 Å². The van der Waals surface area contributed by atoms with E-state index in [1.54, 1.807) is 24.3 Å². The van der Waals surface area contributed by atoms with E-state index in [0.717, 1.165) is 4.90 Å². The fourth-order valence-electron chi connectivity index (χ4n) is 4.98. The number of anilines is 1. The van der Waals surface area contributed by atoms with Crippen LogP contribution in [0.2, 0.25) is 0 Å². The summed E-state index contributed by atoms with van der Waals surface area (Å²) in [5, 5.41) is 49.6. The van der Waals surface area contributed by atoms with Gasteiger partial charge in [0.05, 0.1) is 32.7 Å². The third-order valence-corrected chi connectivity index (χ3v) is 6.69. The zero-order valence-corrected chi connectivity index (χ0v) is 25.6. The fourth-order valence-corrected chi connectivity index (χ4v) is 4.98. The van der Waals surface area contributed by atoms with Crippen molar-refractivity contribution in [1.29, 1.82) is 0 Å². The Hall–Kier alpha value is -4.08. The molecule has 0 saturated carbocycles. The molecule has 6 N–H and O–H groups in total. The van der Waals surface area contributed by atoms with Crippen LogP contribution < -0.4 is 5.32 Å². The first-order chi connectivity index (χ1) is 20.4. The number of carbonyl (C=O) groups excluding carboxylic acids is 1. The highest BCUT2D eigenvalue weighted by Crippen LogP contribution is 2.27. The van der Waals surface area contributed by atoms with Gasteiger partial charge in [-0.25, -0.2) is 0 Å². The molecular weight excluding hydrogens is 580 g/mol. The second kappa shape index (κ2) is 17.9. The molecule has 0 aliphatic rings. The number of rotatable bonds is 22. The number of amides is 1. The smallest absolute Gasteiger partial charge is 0.317 e. The van der Waals surface area contributed by atoms with Crippen LogP contribution in [0.15, 0.2) is 24.3 Å². The number of carbonyl (C=O) groups is 6. The van der Waals surface area contributed by atoms with Gasteiger partial charge in [0.25, 0.3) is 0 Å². The zero-order valence-electron chi connectivity index (χ0n) is 25.6. The molecule has 0 saturated heterocycles. The lowest BCUT2D eigenvalue weighted by Gasteiger charge is -2.34. The molecule has 0 heterocycles. The lowest BCUT2D eigenvalue weighted by atomic mass is 9.83. The van der Waals surface area contributed by atoms with E-state index in [4.69, 9.17) is 10.2 Å². The quantitative estimate of drug-likeness (QED) is 0.106. The summed E-state index contributed by atoms with van der Waals surface area (Å²) in [6.45, 7) is 4.37. The van der Waals surface area contributed by atoms with E-state index in [9.17, 15) is 44.1 Å². The van der Waals surface area contributed by atoms with Crippen molar-refractivity contribution in [3.8, 4) is 0 Å². The van der Waals surface area contributed by atoms with Crippen molar-refractivity contribution in [2.24, 2.45) is 11.3 Å². The van der Waals surface area contributed by atoms with Gasteiger partial charge in [0, 0.05) is 36.8 Å². The number of aliphatic carboxylic acids is 5. The molecule has 0 spiro atoms. The fraction of sp³-hybridized carbons (Fsp3) is 0.586. The van der Waals surface area contributed by atoms with Crippen LogP contribution >= 0.6 is 0 Å². The van der Waals surface area contributed by atoms with Crippen LogP contribution in [-0.4, -0.2) is 134 Å². The minimum absolute atomic E-state index is 0.0888. The molecule has 44 heavy (non-hydrogen) atoms. The molecular formula is C29H44N4O11. The van der Waals surface area contributed by atoms with Crippen molar-refractivity contribution in [2.75, 3.05) is 57.7 Å². The van der Waals surface area contributed by atoms with Crippen LogP contribution in [0.4, 0.5) is 5.69 Å². The Kier molecular flexibility index (Phi) is 15.4. The average molecular weight is 625 g/mol. The molecule has 1 amide bonds. The molecule has 0 aliphatic carbocycles. The van der Waals surface area contributed by atoms with E-state index in [-0.39, 0.29) is 32.0 Å². The summed E-state index contributed by atoms with van der Waals surface area (Å²) in [4.78, 5) is 73.8. The molecule has 15 heteroatoms. The third-order valence-electron chi connectivity index (χ3n) is 6.69. The van der Waals surface area contributed by atoms with Crippen molar-refractivity contribution >= 4 is 41.4 Å². The van der Waals surface area contributed by atoms with Crippen LogP contribution in [0.1, 0.15) is 39.7 Å². The number of hydrogen-bond acceptors (Lipinski definition) is 9. The predicted octanol–water partition coefficient (Wildman–Crippen LogP) is 0.938. The number of hydrogen-bond donors (Lipinski definition) is 6. The van der Waals surface area contributed by atoms with Gasteiger partial charge in [-0.05, 0) is 36.5 Å². The van der Waals surface area contributed by atoms with Crippen LogP contribution in [-0.2, 0) is 35.2 Å². The molecule has 1 aromatic carbocycles. The normalized spacial score (nSPS) is 12.5. The highest BCUT2D eigenvalue weighted by molar-refractivity contribution is 5.94. The second-order valence-corrected chi connectivity index (χ2v) is 11.8. The van der Waals surface area contributed by atoms with Gasteiger partial charge in [0.2, 0.25) is 5.91 Å². The van der Waals surface area contributed by atoms with E-state index in [0.29, 0.717) is 23.6 Å². The van der Waals surface area contributed by atoms with E-state index in [1.807, 2.05) is 27.7 Å². The summed E-state index contributed by atoms with van der Waals surface area (Å²) in [6.07, 6.45) is 0.788. The minimum Gasteiger partial charge on any atom is -0.480 e. The van der Waals surface area contributed by atoms with Gasteiger partial charge in [-0.1, -0.05) is 39.8 Å². The molecule has 0 radical (unpaired) electrons. The first-order valence-electron chi connectivity index (χ1n) is 14.1. The Labute approximate surface area is 256 Å². The number of nitrogens with zero attached hydrogens (tertiary/aromatic N) is 3. The molecule has 0 bridgehead atoms. The molecule has 0 aromatic heterocycles. The lowest BCUT2D eigenvalue weighted by Crippen LogP contribution is -2.51. The maximum absolute atomic E-state index is 12.8. The average Bonchev–Trinajstić information content (AvgIpc) is 2.85. The van der Waals surface area contributed by atoms with Gasteiger partial charge in [-0.15, -0.1) is 0 Å². The molecule has 1 unspecified atom stereocenters. The molecule has 0 fully saturated rings. The van der Waals surface area contributed by atoms with Crippen molar-refractivity contribution < 1.29 is 54.3 Å². The zero-order chi connectivity index (χ0) is 33.6. The van der Waals surface area contributed by atoms with Gasteiger partial charge in [-0.2, -0.15) is 0 Å². The van der Waals surface area contributed by atoms with E-state index < -0.39 is 74.0 Å². The topological polar surface area (TPSA) is 225 Å². The minimum atomic E-state index is -1.29. The summed E-state index contributed by atoms with van der Waals surface area (Å²) < 4.78 is 0. The first-order valence-corrected chi connectivity index (χ1v) is 14.1. The Balaban J connectivity index is 3.26. The first kappa shape index (κ1) is 37.9.